The largest absolute Gasteiger partial charge is 0.458 e. The highest BCUT2D eigenvalue weighted by molar-refractivity contribution is 5.99. The summed E-state index contributed by atoms with van der Waals surface area (Å²) < 4.78 is 5.79. The molecule has 29 heavy (non-hydrogen) atoms. The molecular weight excluding hydrogens is 368 g/mol. The van der Waals surface area contributed by atoms with Crippen LogP contribution in [0, 0.1) is 13.8 Å². The predicted octanol–water partition coefficient (Wildman–Crippen LogP) is 3.44. The van der Waals surface area contributed by atoms with Crippen LogP contribution in [0.3, 0.4) is 0 Å². The number of nitrogens with one attached hydrogen (secondary N) is 4. The van der Waals surface area contributed by atoms with Gasteiger partial charge in [-0.3, -0.25) is 4.79 Å². The van der Waals surface area contributed by atoms with Gasteiger partial charge in [0.2, 0.25) is 5.91 Å². The molecule has 0 spiro atoms. The Balaban J connectivity index is 1.57. The smallest absolute Gasteiger partial charge is 0.323 e. The van der Waals surface area contributed by atoms with E-state index in [0.717, 1.165) is 11.3 Å². The third-order valence-corrected chi connectivity index (χ3v) is 4.50. The summed E-state index contributed by atoms with van der Waals surface area (Å²) in [7, 11) is 1.58. The standard InChI is InChI=1S/C22H24N4O3/c1-14-4-5-17(12-15(14)2)26-22(28)25-16-6-8-18(9-7-16)29-19-10-11-24-20(13-19)21(27)23-3/h4-13,20,24H,1-3H3,(H,23,27)(H2,25,26,28). The fraction of sp³-hybridized carbons (Fsp3) is 0.182. The topological polar surface area (TPSA) is 91.5 Å². The van der Waals surface area contributed by atoms with Gasteiger partial charge in [0.25, 0.3) is 0 Å². The fourth-order valence-electron chi connectivity index (χ4n) is 2.73. The van der Waals surface area contributed by atoms with Crippen molar-refractivity contribution >= 4 is 23.3 Å². The predicted molar refractivity (Wildman–Crippen MR) is 114 cm³/mol. The molecule has 0 radical (unpaired) electrons. The minimum absolute atomic E-state index is 0.148. The van der Waals surface area contributed by atoms with Gasteiger partial charge in [0.15, 0.2) is 0 Å². The van der Waals surface area contributed by atoms with Crippen molar-refractivity contribution in [2.75, 3.05) is 17.7 Å². The van der Waals surface area contributed by atoms with Crippen LogP contribution in [-0.2, 0) is 4.79 Å². The van der Waals surface area contributed by atoms with Gasteiger partial charge in [0.1, 0.15) is 17.6 Å². The minimum Gasteiger partial charge on any atom is -0.458 e. The zero-order valence-electron chi connectivity index (χ0n) is 16.6. The Hall–Kier alpha value is -3.74. The van der Waals surface area contributed by atoms with Crippen LogP contribution in [0.1, 0.15) is 11.1 Å². The Bertz CT molecular complexity index is 965. The molecule has 0 aliphatic carbocycles. The number of hydrogen-bond acceptors (Lipinski definition) is 4. The van der Waals surface area contributed by atoms with Gasteiger partial charge in [-0.1, -0.05) is 6.07 Å². The maximum absolute atomic E-state index is 12.2. The van der Waals surface area contributed by atoms with Crippen molar-refractivity contribution in [2.24, 2.45) is 0 Å². The Morgan fingerprint density at radius 1 is 0.966 bits per heavy atom. The number of likely N-dealkylation sites (N-methyl/N-ethyl adjacent to an activating group) is 1. The van der Waals surface area contributed by atoms with E-state index in [1.165, 1.54) is 5.56 Å². The SMILES string of the molecule is CNC(=O)C1C=C(Oc2ccc(NC(=O)Nc3ccc(C)c(C)c3)cc2)C=CN1. The summed E-state index contributed by atoms with van der Waals surface area (Å²) in [6.07, 6.45) is 5.10. The van der Waals surface area contributed by atoms with E-state index < -0.39 is 6.04 Å². The lowest BCUT2D eigenvalue weighted by molar-refractivity contribution is -0.121. The molecule has 1 atom stereocenters. The van der Waals surface area contributed by atoms with Crippen molar-refractivity contribution in [3.05, 3.63) is 77.7 Å². The summed E-state index contributed by atoms with van der Waals surface area (Å²) in [5.74, 6) is 1.01. The highest BCUT2D eigenvalue weighted by atomic mass is 16.5. The first kappa shape index (κ1) is 20.0. The minimum atomic E-state index is -0.477. The van der Waals surface area contributed by atoms with Crippen LogP contribution < -0.4 is 26.0 Å². The summed E-state index contributed by atoms with van der Waals surface area (Å²) in [4.78, 5) is 23.9. The Morgan fingerprint density at radius 3 is 2.34 bits per heavy atom. The van der Waals surface area contributed by atoms with Crippen LogP contribution in [0.2, 0.25) is 0 Å². The monoisotopic (exact) mass is 392 g/mol. The van der Waals surface area contributed by atoms with E-state index in [-0.39, 0.29) is 11.9 Å². The number of rotatable bonds is 5. The highest BCUT2D eigenvalue weighted by Crippen LogP contribution is 2.20. The van der Waals surface area contributed by atoms with Gasteiger partial charge in [-0.05, 0) is 73.5 Å². The van der Waals surface area contributed by atoms with E-state index in [0.29, 0.717) is 17.2 Å². The Morgan fingerprint density at radius 2 is 1.66 bits per heavy atom. The number of anilines is 2. The summed E-state index contributed by atoms with van der Waals surface area (Å²) >= 11 is 0. The molecule has 2 aromatic rings. The third kappa shape index (κ3) is 5.38. The Labute approximate surface area is 169 Å². The molecule has 3 amide bonds. The van der Waals surface area contributed by atoms with Crippen LogP contribution >= 0.6 is 0 Å². The number of amides is 3. The second kappa shape index (κ2) is 8.97. The molecule has 1 aliphatic rings. The molecule has 1 heterocycles. The first-order valence-corrected chi connectivity index (χ1v) is 9.24. The number of carbonyl (C=O) groups excluding carboxylic acids is 2. The van der Waals surface area contributed by atoms with Crippen molar-refractivity contribution in [3.8, 4) is 5.75 Å². The van der Waals surface area contributed by atoms with Crippen LogP contribution in [0.4, 0.5) is 16.2 Å². The van der Waals surface area contributed by atoms with Gasteiger partial charge in [0.05, 0.1) is 0 Å². The molecule has 0 saturated carbocycles. The second-order valence-electron chi connectivity index (χ2n) is 6.67. The molecule has 1 unspecified atom stereocenters. The van der Waals surface area contributed by atoms with Crippen molar-refractivity contribution in [3.63, 3.8) is 0 Å². The normalized spacial score (nSPS) is 15.0. The lowest BCUT2D eigenvalue weighted by atomic mass is 10.1. The van der Waals surface area contributed by atoms with E-state index in [4.69, 9.17) is 4.74 Å². The summed E-state index contributed by atoms with van der Waals surface area (Å²) in [6, 6.07) is 12.0. The molecule has 1 aliphatic heterocycles. The highest BCUT2D eigenvalue weighted by Gasteiger charge is 2.16. The quantitative estimate of drug-likeness (QED) is 0.627. The molecule has 0 bridgehead atoms. The molecule has 4 N–H and O–H groups in total. The number of allylic oxidation sites excluding steroid dienone is 1. The number of dihydropyridines is 1. The van der Waals surface area contributed by atoms with Gasteiger partial charge >= 0.3 is 6.03 Å². The van der Waals surface area contributed by atoms with Crippen molar-refractivity contribution in [1.82, 2.24) is 10.6 Å². The van der Waals surface area contributed by atoms with E-state index in [9.17, 15) is 9.59 Å². The number of carbonyl (C=O) groups is 2. The van der Waals surface area contributed by atoms with E-state index in [1.807, 2.05) is 32.0 Å². The molecule has 150 valence electrons. The van der Waals surface area contributed by atoms with Gasteiger partial charge in [-0.15, -0.1) is 0 Å². The van der Waals surface area contributed by atoms with Gasteiger partial charge < -0.3 is 26.0 Å². The van der Waals surface area contributed by atoms with E-state index >= 15 is 0 Å². The average molecular weight is 392 g/mol. The molecule has 0 aromatic heterocycles. The maximum atomic E-state index is 12.2. The van der Waals surface area contributed by atoms with Crippen molar-refractivity contribution in [1.29, 1.82) is 0 Å². The van der Waals surface area contributed by atoms with Crippen LogP contribution in [0.15, 0.2) is 66.6 Å². The van der Waals surface area contributed by atoms with Gasteiger partial charge in [0, 0.05) is 24.6 Å². The number of ether oxygens (including phenoxy) is 1. The first-order valence-electron chi connectivity index (χ1n) is 9.24. The molecule has 3 rings (SSSR count). The fourth-order valence-corrected chi connectivity index (χ4v) is 2.73. The van der Waals surface area contributed by atoms with E-state index in [2.05, 4.69) is 21.3 Å². The van der Waals surface area contributed by atoms with Crippen molar-refractivity contribution in [2.45, 2.75) is 19.9 Å². The Kier molecular flexibility index (Phi) is 6.19. The average Bonchev–Trinajstić information content (AvgIpc) is 2.72. The molecule has 2 aromatic carbocycles. The van der Waals surface area contributed by atoms with Gasteiger partial charge in [-0.25, -0.2) is 4.79 Å². The van der Waals surface area contributed by atoms with Crippen LogP contribution in [0.25, 0.3) is 0 Å². The lowest BCUT2D eigenvalue weighted by Gasteiger charge is -2.18. The van der Waals surface area contributed by atoms with E-state index in [1.54, 1.807) is 49.7 Å². The van der Waals surface area contributed by atoms with Gasteiger partial charge in [-0.2, -0.15) is 0 Å². The molecule has 0 saturated heterocycles. The summed E-state index contributed by atoms with van der Waals surface area (Å²) in [5, 5.41) is 11.1. The second-order valence-corrected chi connectivity index (χ2v) is 6.67. The molecule has 7 nitrogen and oxygen atoms in total. The molecular formula is C22H24N4O3. The first-order chi connectivity index (χ1) is 13.9. The zero-order chi connectivity index (χ0) is 20.8. The third-order valence-electron chi connectivity index (χ3n) is 4.50. The number of aryl methyl sites for hydroxylation is 2. The van der Waals surface area contributed by atoms with Crippen LogP contribution in [0.5, 0.6) is 5.75 Å². The maximum Gasteiger partial charge on any atom is 0.323 e. The van der Waals surface area contributed by atoms with Crippen LogP contribution in [-0.4, -0.2) is 25.0 Å². The number of urea groups is 1. The molecule has 7 heteroatoms. The zero-order valence-corrected chi connectivity index (χ0v) is 16.6. The van der Waals surface area contributed by atoms with Crippen molar-refractivity contribution < 1.29 is 14.3 Å². The summed E-state index contributed by atoms with van der Waals surface area (Å²) in [6.45, 7) is 4.03. The summed E-state index contributed by atoms with van der Waals surface area (Å²) in [5.41, 5.74) is 3.66. The number of benzene rings is 2. The lowest BCUT2D eigenvalue weighted by Crippen LogP contribution is -2.40. The number of hydrogen-bond donors (Lipinski definition) is 4. The molecule has 0 fully saturated rings.